The molecule has 0 spiro atoms. The summed E-state index contributed by atoms with van der Waals surface area (Å²) < 4.78 is 4.99. The molecule has 0 fully saturated rings. The summed E-state index contributed by atoms with van der Waals surface area (Å²) in [5.41, 5.74) is 0.604. The number of aliphatic hydroxyl groups is 1. The van der Waals surface area contributed by atoms with Crippen LogP contribution in [-0.2, 0) is 14.3 Å². The van der Waals surface area contributed by atoms with Gasteiger partial charge in [0.15, 0.2) is 11.5 Å². The Morgan fingerprint density at radius 1 is 1.39 bits per heavy atom. The Morgan fingerprint density at radius 2 is 2.09 bits per heavy atom. The minimum Gasteiger partial charge on any atom is -0.503 e. The Labute approximate surface area is 144 Å². The number of amides is 1. The van der Waals surface area contributed by atoms with E-state index >= 15 is 0 Å². The van der Waals surface area contributed by atoms with Crippen LogP contribution in [0, 0.1) is 0 Å². The zero-order chi connectivity index (χ0) is 17.1. The van der Waals surface area contributed by atoms with Crippen LogP contribution in [0.1, 0.15) is 24.9 Å². The van der Waals surface area contributed by atoms with E-state index in [0.717, 1.165) is 0 Å². The van der Waals surface area contributed by atoms with Gasteiger partial charge in [0.2, 0.25) is 0 Å². The van der Waals surface area contributed by atoms with Crippen molar-refractivity contribution < 1.29 is 19.4 Å². The van der Waals surface area contributed by atoms with E-state index in [1.54, 1.807) is 25.3 Å². The van der Waals surface area contributed by atoms with E-state index in [1.807, 2.05) is 0 Å². The van der Waals surface area contributed by atoms with Gasteiger partial charge in [0.25, 0.3) is 5.91 Å². The highest BCUT2D eigenvalue weighted by Gasteiger charge is 2.42. The quantitative estimate of drug-likeness (QED) is 0.793. The van der Waals surface area contributed by atoms with Gasteiger partial charge in [-0.3, -0.25) is 9.59 Å². The van der Waals surface area contributed by atoms with Crippen LogP contribution in [0.3, 0.4) is 0 Å². The first-order valence-electron chi connectivity index (χ1n) is 7.07. The molecule has 1 N–H and O–H groups in total. The molecule has 0 saturated heterocycles. The lowest BCUT2D eigenvalue weighted by molar-refractivity contribution is -0.129. The largest absolute Gasteiger partial charge is 0.503 e. The Hall–Kier alpha value is -1.56. The average Bonchev–Trinajstić information content (AvgIpc) is 2.72. The standard InChI is InChI=1S/C16H17Cl2NO4/c1-9(20)13-14(11-5-4-10(17)8-12(11)18)19(6-3-7-23-2)16(22)15(13)21/h4-5,8,14,21H,3,6-7H2,1-2H3/t14-/m1/s1. The molecule has 0 saturated carbocycles. The maximum Gasteiger partial charge on any atom is 0.290 e. The molecule has 7 heteroatoms. The van der Waals surface area contributed by atoms with E-state index in [-0.39, 0.29) is 11.4 Å². The molecule has 2 rings (SSSR count). The highest BCUT2D eigenvalue weighted by molar-refractivity contribution is 6.35. The number of halogens is 2. The molecular weight excluding hydrogens is 341 g/mol. The van der Waals surface area contributed by atoms with Crippen molar-refractivity contribution in [1.29, 1.82) is 0 Å². The second kappa shape index (κ2) is 7.34. The van der Waals surface area contributed by atoms with Gasteiger partial charge >= 0.3 is 0 Å². The summed E-state index contributed by atoms with van der Waals surface area (Å²) in [5.74, 6) is -1.48. The van der Waals surface area contributed by atoms with E-state index in [4.69, 9.17) is 27.9 Å². The normalized spacial score (nSPS) is 18.0. The number of carbonyl (C=O) groups excluding carboxylic acids is 2. The lowest BCUT2D eigenvalue weighted by atomic mass is 9.96. The summed E-state index contributed by atoms with van der Waals surface area (Å²) >= 11 is 12.1. The van der Waals surface area contributed by atoms with Crippen LogP contribution in [0.25, 0.3) is 0 Å². The van der Waals surface area contributed by atoms with Gasteiger partial charge in [-0.2, -0.15) is 0 Å². The summed E-state index contributed by atoms with van der Waals surface area (Å²) in [7, 11) is 1.57. The first-order chi connectivity index (χ1) is 10.9. The van der Waals surface area contributed by atoms with Gasteiger partial charge in [-0.15, -0.1) is 0 Å². The second-order valence-corrected chi connectivity index (χ2v) is 6.08. The van der Waals surface area contributed by atoms with Gasteiger partial charge in [0, 0.05) is 30.3 Å². The van der Waals surface area contributed by atoms with Gasteiger partial charge in [-0.05, 0) is 31.0 Å². The average molecular weight is 358 g/mol. The third-order valence-electron chi connectivity index (χ3n) is 3.69. The molecule has 1 aliphatic rings. The van der Waals surface area contributed by atoms with E-state index in [2.05, 4.69) is 0 Å². The predicted octanol–water partition coefficient (Wildman–Crippen LogP) is 3.31. The fraction of sp³-hybridized carbons (Fsp3) is 0.375. The van der Waals surface area contributed by atoms with Crippen molar-refractivity contribution in [2.75, 3.05) is 20.3 Å². The Balaban J connectivity index is 2.47. The summed E-state index contributed by atoms with van der Waals surface area (Å²) in [4.78, 5) is 25.7. The zero-order valence-corrected chi connectivity index (χ0v) is 14.3. The van der Waals surface area contributed by atoms with Crippen LogP contribution in [0.2, 0.25) is 10.0 Å². The third-order valence-corrected chi connectivity index (χ3v) is 4.25. The number of nitrogens with zero attached hydrogens (tertiary/aromatic N) is 1. The number of methoxy groups -OCH3 is 1. The molecule has 1 heterocycles. The number of hydrogen-bond donors (Lipinski definition) is 1. The summed E-state index contributed by atoms with van der Waals surface area (Å²) in [6, 6.07) is 4.12. The predicted molar refractivity (Wildman–Crippen MR) is 87.7 cm³/mol. The van der Waals surface area contributed by atoms with Crippen LogP contribution in [-0.4, -0.2) is 42.0 Å². The number of rotatable bonds is 6. The summed E-state index contributed by atoms with van der Waals surface area (Å²) in [6.45, 7) is 2.10. The number of ketones is 1. The van der Waals surface area contributed by atoms with Crippen molar-refractivity contribution in [2.24, 2.45) is 0 Å². The topological polar surface area (TPSA) is 66.8 Å². The molecule has 0 radical (unpaired) electrons. The SMILES string of the molecule is COCCCN1C(=O)C(O)=C(C(C)=O)[C@H]1c1ccc(Cl)cc1Cl. The van der Waals surface area contributed by atoms with Gasteiger partial charge in [0.05, 0.1) is 11.6 Å². The van der Waals surface area contributed by atoms with Crippen LogP contribution in [0.4, 0.5) is 0 Å². The fourth-order valence-electron chi connectivity index (χ4n) is 2.67. The lowest BCUT2D eigenvalue weighted by Gasteiger charge is -2.27. The molecule has 0 bridgehead atoms. The molecule has 0 aromatic heterocycles. The number of hydrogen-bond acceptors (Lipinski definition) is 4. The summed E-state index contributed by atoms with van der Waals surface area (Å²) in [6.07, 6.45) is 0.572. The Kier molecular flexibility index (Phi) is 5.68. The van der Waals surface area contributed by atoms with Crippen LogP contribution >= 0.6 is 23.2 Å². The minimum atomic E-state index is -0.721. The molecule has 124 valence electrons. The highest BCUT2D eigenvalue weighted by atomic mass is 35.5. The van der Waals surface area contributed by atoms with Crippen molar-refractivity contribution in [3.05, 3.63) is 45.1 Å². The summed E-state index contributed by atoms with van der Waals surface area (Å²) in [5, 5.41) is 10.9. The van der Waals surface area contributed by atoms with E-state index in [0.29, 0.717) is 35.2 Å². The monoisotopic (exact) mass is 357 g/mol. The molecule has 23 heavy (non-hydrogen) atoms. The van der Waals surface area contributed by atoms with E-state index in [9.17, 15) is 14.7 Å². The van der Waals surface area contributed by atoms with Crippen molar-refractivity contribution in [3.8, 4) is 0 Å². The van der Waals surface area contributed by atoms with Gasteiger partial charge in [0.1, 0.15) is 0 Å². The number of aliphatic hydroxyl groups excluding tert-OH is 1. The van der Waals surface area contributed by atoms with Gasteiger partial charge in [-0.25, -0.2) is 0 Å². The van der Waals surface area contributed by atoms with E-state index in [1.165, 1.54) is 11.8 Å². The van der Waals surface area contributed by atoms with Crippen LogP contribution in [0.15, 0.2) is 29.5 Å². The smallest absolute Gasteiger partial charge is 0.290 e. The molecule has 1 aliphatic heterocycles. The van der Waals surface area contributed by atoms with Crippen molar-refractivity contribution in [3.63, 3.8) is 0 Å². The number of Topliss-reactive ketones (excluding diaryl/α,β-unsaturated/α-hetero) is 1. The number of ether oxygens (including phenoxy) is 1. The Morgan fingerprint density at radius 3 is 2.65 bits per heavy atom. The maximum atomic E-state index is 12.3. The maximum absolute atomic E-state index is 12.3. The molecule has 1 atom stereocenters. The fourth-order valence-corrected chi connectivity index (χ4v) is 3.18. The first kappa shape index (κ1) is 17.8. The number of carbonyl (C=O) groups is 2. The highest BCUT2D eigenvalue weighted by Crippen LogP contribution is 2.41. The van der Waals surface area contributed by atoms with Crippen LogP contribution in [0.5, 0.6) is 0 Å². The lowest BCUT2D eigenvalue weighted by Crippen LogP contribution is -2.32. The molecular formula is C16H17Cl2NO4. The van der Waals surface area contributed by atoms with E-state index < -0.39 is 17.7 Å². The third kappa shape index (κ3) is 3.52. The molecule has 1 aromatic rings. The van der Waals surface area contributed by atoms with Gasteiger partial charge < -0.3 is 14.7 Å². The number of benzene rings is 1. The van der Waals surface area contributed by atoms with Crippen molar-refractivity contribution >= 4 is 34.9 Å². The van der Waals surface area contributed by atoms with Crippen LogP contribution < -0.4 is 0 Å². The minimum absolute atomic E-state index is 0.0524. The van der Waals surface area contributed by atoms with Gasteiger partial charge in [-0.1, -0.05) is 29.3 Å². The molecule has 0 unspecified atom stereocenters. The molecule has 1 amide bonds. The first-order valence-corrected chi connectivity index (χ1v) is 7.83. The second-order valence-electron chi connectivity index (χ2n) is 5.23. The van der Waals surface area contributed by atoms with Crippen molar-refractivity contribution in [2.45, 2.75) is 19.4 Å². The molecule has 0 aliphatic carbocycles. The van der Waals surface area contributed by atoms with Crippen molar-refractivity contribution in [1.82, 2.24) is 4.90 Å². The zero-order valence-electron chi connectivity index (χ0n) is 12.8. The Bertz CT molecular complexity index is 672. The molecule has 5 nitrogen and oxygen atoms in total. The molecule has 1 aromatic carbocycles.